The van der Waals surface area contributed by atoms with Crippen molar-refractivity contribution in [2.75, 3.05) is 17.6 Å². The molecule has 0 atom stereocenters. The van der Waals surface area contributed by atoms with Crippen molar-refractivity contribution in [2.45, 2.75) is 13.0 Å². The second kappa shape index (κ2) is 5.76. The zero-order valence-corrected chi connectivity index (χ0v) is 10.1. The summed E-state index contributed by atoms with van der Waals surface area (Å²) in [7, 11) is 0. The Morgan fingerprint density at radius 2 is 2.32 bits per heavy atom. The number of aryl methyl sites for hydroxylation is 1. The standard InChI is InChI=1S/C10H13N7O2/c11-9-8(17(18)19)10(14-7-13-9)12-3-1-5-16-6-2-4-15-16/h2,4,6-7H,1,3,5H2,(H3,11,12,13,14). The van der Waals surface area contributed by atoms with Gasteiger partial charge in [-0.25, -0.2) is 9.97 Å². The molecular formula is C10H13N7O2. The first-order chi connectivity index (χ1) is 9.18. The number of anilines is 2. The van der Waals surface area contributed by atoms with Crippen LogP contribution in [0.4, 0.5) is 17.3 Å². The molecule has 9 nitrogen and oxygen atoms in total. The largest absolute Gasteiger partial charge is 0.378 e. The van der Waals surface area contributed by atoms with Crippen LogP contribution in [0.5, 0.6) is 0 Å². The molecule has 0 bridgehead atoms. The number of nitrogens with zero attached hydrogens (tertiary/aromatic N) is 5. The maximum Gasteiger partial charge on any atom is 0.352 e. The molecule has 0 unspecified atom stereocenters. The smallest absolute Gasteiger partial charge is 0.352 e. The maximum atomic E-state index is 10.9. The van der Waals surface area contributed by atoms with Crippen LogP contribution in [0.25, 0.3) is 0 Å². The fourth-order valence-electron chi connectivity index (χ4n) is 1.58. The van der Waals surface area contributed by atoms with Crippen LogP contribution in [-0.4, -0.2) is 31.2 Å². The highest BCUT2D eigenvalue weighted by Crippen LogP contribution is 2.25. The summed E-state index contributed by atoms with van der Waals surface area (Å²) < 4.78 is 1.78. The quantitative estimate of drug-likeness (QED) is 0.445. The third kappa shape index (κ3) is 3.15. The SMILES string of the molecule is Nc1ncnc(NCCCn2cccn2)c1[N+](=O)[O-]. The van der Waals surface area contributed by atoms with Gasteiger partial charge in [-0.05, 0) is 12.5 Å². The average Bonchev–Trinajstić information content (AvgIpc) is 2.87. The number of aromatic nitrogens is 4. The predicted molar refractivity (Wildman–Crippen MR) is 68.4 cm³/mol. The fraction of sp³-hybridized carbons (Fsp3) is 0.300. The van der Waals surface area contributed by atoms with Gasteiger partial charge in [0.05, 0.1) is 4.92 Å². The molecule has 0 amide bonds. The first-order valence-corrected chi connectivity index (χ1v) is 5.64. The van der Waals surface area contributed by atoms with Crippen molar-refractivity contribution < 1.29 is 4.92 Å². The van der Waals surface area contributed by atoms with Gasteiger partial charge in [-0.1, -0.05) is 0 Å². The van der Waals surface area contributed by atoms with Crippen LogP contribution in [0.2, 0.25) is 0 Å². The van der Waals surface area contributed by atoms with Crippen LogP contribution in [0.1, 0.15) is 6.42 Å². The van der Waals surface area contributed by atoms with Gasteiger partial charge in [0.2, 0.25) is 11.6 Å². The highest BCUT2D eigenvalue weighted by Gasteiger charge is 2.20. The summed E-state index contributed by atoms with van der Waals surface area (Å²) in [4.78, 5) is 17.7. The van der Waals surface area contributed by atoms with Crippen LogP contribution < -0.4 is 11.1 Å². The van der Waals surface area contributed by atoms with Crippen LogP contribution in [0, 0.1) is 10.1 Å². The Labute approximate surface area is 108 Å². The molecule has 0 aromatic carbocycles. The summed E-state index contributed by atoms with van der Waals surface area (Å²) >= 11 is 0. The van der Waals surface area contributed by atoms with Gasteiger partial charge in [-0.15, -0.1) is 0 Å². The van der Waals surface area contributed by atoms with Crippen molar-refractivity contribution in [3.63, 3.8) is 0 Å². The van der Waals surface area contributed by atoms with Gasteiger partial charge in [-0.2, -0.15) is 5.10 Å². The first kappa shape index (κ1) is 12.7. The van der Waals surface area contributed by atoms with E-state index in [0.717, 1.165) is 6.42 Å². The van der Waals surface area contributed by atoms with E-state index in [1.165, 1.54) is 6.33 Å². The van der Waals surface area contributed by atoms with E-state index in [1.807, 2.05) is 12.3 Å². The molecule has 9 heteroatoms. The lowest BCUT2D eigenvalue weighted by Crippen LogP contribution is -2.11. The molecule has 0 saturated carbocycles. The second-order valence-electron chi connectivity index (χ2n) is 3.76. The van der Waals surface area contributed by atoms with Crippen molar-refractivity contribution in [3.8, 4) is 0 Å². The molecule has 0 fully saturated rings. The summed E-state index contributed by atoms with van der Waals surface area (Å²) in [5, 5.41) is 17.8. The van der Waals surface area contributed by atoms with Gasteiger partial charge < -0.3 is 11.1 Å². The van der Waals surface area contributed by atoms with E-state index in [9.17, 15) is 10.1 Å². The van der Waals surface area contributed by atoms with Crippen molar-refractivity contribution in [2.24, 2.45) is 0 Å². The molecule has 0 aliphatic carbocycles. The van der Waals surface area contributed by atoms with Crippen molar-refractivity contribution in [1.82, 2.24) is 19.7 Å². The van der Waals surface area contributed by atoms with Crippen LogP contribution in [0.15, 0.2) is 24.8 Å². The van der Waals surface area contributed by atoms with Gasteiger partial charge in [0.25, 0.3) is 0 Å². The van der Waals surface area contributed by atoms with E-state index in [-0.39, 0.29) is 17.3 Å². The Morgan fingerprint density at radius 1 is 1.47 bits per heavy atom. The number of nitro groups is 1. The molecule has 0 aliphatic rings. The third-order valence-electron chi connectivity index (χ3n) is 2.45. The minimum absolute atomic E-state index is 0.137. The molecular weight excluding hydrogens is 250 g/mol. The van der Waals surface area contributed by atoms with Gasteiger partial charge in [0.1, 0.15) is 6.33 Å². The van der Waals surface area contributed by atoms with E-state index in [0.29, 0.717) is 13.1 Å². The molecule has 2 aromatic rings. The lowest BCUT2D eigenvalue weighted by Gasteiger charge is -2.06. The lowest BCUT2D eigenvalue weighted by atomic mass is 10.4. The Bertz CT molecular complexity index is 555. The average molecular weight is 263 g/mol. The van der Waals surface area contributed by atoms with E-state index in [1.54, 1.807) is 10.9 Å². The minimum atomic E-state index is -0.592. The molecule has 19 heavy (non-hydrogen) atoms. The Hall–Kier alpha value is -2.71. The number of nitrogens with two attached hydrogens (primary N) is 1. The number of nitrogen functional groups attached to an aromatic ring is 1. The molecule has 2 heterocycles. The van der Waals surface area contributed by atoms with Gasteiger partial charge in [0, 0.05) is 25.5 Å². The van der Waals surface area contributed by atoms with E-state index < -0.39 is 4.92 Å². The van der Waals surface area contributed by atoms with Gasteiger partial charge in [0.15, 0.2) is 0 Å². The minimum Gasteiger partial charge on any atom is -0.378 e. The number of hydrogen-bond donors (Lipinski definition) is 2. The Balaban J connectivity index is 1.92. The zero-order chi connectivity index (χ0) is 13.7. The molecule has 100 valence electrons. The lowest BCUT2D eigenvalue weighted by molar-refractivity contribution is -0.383. The molecule has 0 radical (unpaired) electrons. The van der Waals surface area contributed by atoms with Gasteiger partial charge in [-0.3, -0.25) is 14.8 Å². The molecule has 0 spiro atoms. The third-order valence-corrected chi connectivity index (χ3v) is 2.45. The van der Waals surface area contributed by atoms with Crippen molar-refractivity contribution in [3.05, 3.63) is 34.9 Å². The van der Waals surface area contributed by atoms with Crippen molar-refractivity contribution in [1.29, 1.82) is 0 Å². The first-order valence-electron chi connectivity index (χ1n) is 5.64. The van der Waals surface area contributed by atoms with Crippen molar-refractivity contribution >= 4 is 17.3 Å². The number of hydrogen-bond acceptors (Lipinski definition) is 7. The van der Waals surface area contributed by atoms with Gasteiger partial charge >= 0.3 is 5.69 Å². The van der Waals surface area contributed by atoms with Crippen LogP contribution in [-0.2, 0) is 6.54 Å². The summed E-state index contributed by atoms with van der Waals surface area (Å²) in [5.74, 6) is -0.00691. The number of nitrogens with one attached hydrogen (secondary N) is 1. The molecule has 0 saturated heterocycles. The van der Waals surface area contributed by atoms with E-state index in [4.69, 9.17) is 5.73 Å². The number of rotatable bonds is 6. The summed E-state index contributed by atoms with van der Waals surface area (Å²) in [6.45, 7) is 1.24. The molecule has 0 aliphatic heterocycles. The summed E-state index contributed by atoms with van der Waals surface area (Å²) in [6.07, 6.45) is 5.50. The van der Waals surface area contributed by atoms with Crippen LogP contribution in [0.3, 0.4) is 0 Å². The highest BCUT2D eigenvalue weighted by molar-refractivity contribution is 5.67. The zero-order valence-electron chi connectivity index (χ0n) is 10.1. The normalized spacial score (nSPS) is 10.3. The van der Waals surface area contributed by atoms with E-state index in [2.05, 4.69) is 20.4 Å². The summed E-state index contributed by atoms with van der Waals surface area (Å²) in [5.41, 5.74) is 5.17. The van der Waals surface area contributed by atoms with Crippen LogP contribution >= 0.6 is 0 Å². The van der Waals surface area contributed by atoms with E-state index >= 15 is 0 Å². The molecule has 2 rings (SSSR count). The Kier molecular flexibility index (Phi) is 3.86. The topological polar surface area (TPSA) is 125 Å². The predicted octanol–water partition coefficient (Wildman–Crippen LogP) is 0.666. The summed E-state index contributed by atoms with van der Waals surface area (Å²) in [6, 6.07) is 1.84. The monoisotopic (exact) mass is 263 g/mol. The Morgan fingerprint density at radius 3 is 3.00 bits per heavy atom. The molecule has 3 N–H and O–H groups in total. The fourth-order valence-corrected chi connectivity index (χ4v) is 1.58. The maximum absolute atomic E-state index is 10.9. The molecule has 2 aromatic heterocycles. The second-order valence-corrected chi connectivity index (χ2v) is 3.76. The highest BCUT2D eigenvalue weighted by atomic mass is 16.6.